The van der Waals surface area contributed by atoms with E-state index in [0.717, 1.165) is 29.9 Å². The third-order valence-corrected chi connectivity index (χ3v) is 4.02. The molecule has 0 bridgehead atoms. The van der Waals surface area contributed by atoms with Crippen LogP contribution in [0.1, 0.15) is 12.5 Å². The number of hydrogen-bond acceptors (Lipinski definition) is 1. The first-order valence-electron chi connectivity index (χ1n) is 7.07. The molecule has 0 amide bonds. The molecule has 0 radical (unpaired) electrons. The first-order valence-corrected chi connectivity index (χ1v) is 7.45. The summed E-state index contributed by atoms with van der Waals surface area (Å²) < 4.78 is 0. The number of nitrogens with zero attached hydrogens (tertiary/aromatic N) is 1. The van der Waals surface area contributed by atoms with Gasteiger partial charge in [0, 0.05) is 18.5 Å². The number of benzene rings is 2. The van der Waals surface area contributed by atoms with Gasteiger partial charge in [0.2, 0.25) is 0 Å². The number of rotatable bonds is 6. The maximum atomic E-state index is 6.55. The Labute approximate surface area is 126 Å². The molecule has 0 spiro atoms. The van der Waals surface area contributed by atoms with Gasteiger partial charge in [-0.1, -0.05) is 61.0 Å². The van der Waals surface area contributed by atoms with Crippen LogP contribution in [0.4, 0.5) is 0 Å². The average molecular weight is 288 g/mol. The van der Waals surface area contributed by atoms with E-state index in [4.69, 9.17) is 11.6 Å². The first kappa shape index (κ1) is 15.1. The summed E-state index contributed by atoms with van der Waals surface area (Å²) in [7, 11) is 2.13. The minimum atomic E-state index is 0.568. The monoisotopic (exact) mass is 287 g/mol. The van der Waals surface area contributed by atoms with Gasteiger partial charge < -0.3 is 4.90 Å². The average Bonchev–Trinajstić information content (AvgIpc) is 2.42. The highest BCUT2D eigenvalue weighted by atomic mass is 35.5. The SMILES string of the molecule is C=CCN(C)CC(C)Cc1ccc2ccccc2c1Cl. The van der Waals surface area contributed by atoms with Gasteiger partial charge >= 0.3 is 0 Å². The molecule has 0 aromatic heterocycles. The summed E-state index contributed by atoms with van der Waals surface area (Å²) in [4.78, 5) is 2.28. The predicted octanol–water partition coefficient (Wildman–Crippen LogP) is 4.79. The molecule has 0 saturated carbocycles. The van der Waals surface area contributed by atoms with E-state index in [-0.39, 0.29) is 0 Å². The van der Waals surface area contributed by atoms with Crippen molar-refractivity contribution in [3.63, 3.8) is 0 Å². The highest BCUT2D eigenvalue weighted by Gasteiger charge is 2.11. The van der Waals surface area contributed by atoms with Crippen LogP contribution in [0.2, 0.25) is 5.02 Å². The predicted molar refractivity (Wildman–Crippen MR) is 89.5 cm³/mol. The summed E-state index contributed by atoms with van der Waals surface area (Å²) in [6.07, 6.45) is 2.95. The number of halogens is 1. The van der Waals surface area contributed by atoms with Crippen molar-refractivity contribution in [1.82, 2.24) is 4.90 Å². The van der Waals surface area contributed by atoms with Gasteiger partial charge in [0.25, 0.3) is 0 Å². The van der Waals surface area contributed by atoms with Crippen molar-refractivity contribution in [2.24, 2.45) is 5.92 Å². The Morgan fingerprint density at radius 2 is 2.00 bits per heavy atom. The van der Waals surface area contributed by atoms with E-state index in [1.54, 1.807) is 0 Å². The van der Waals surface area contributed by atoms with Gasteiger partial charge in [-0.25, -0.2) is 0 Å². The van der Waals surface area contributed by atoms with Crippen molar-refractivity contribution in [3.8, 4) is 0 Å². The van der Waals surface area contributed by atoms with E-state index in [1.807, 2.05) is 18.2 Å². The van der Waals surface area contributed by atoms with Gasteiger partial charge in [0.1, 0.15) is 0 Å². The van der Waals surface area contributed by atoms with Crippen LogP contribution in [0.25, 0.3) is 10.8 Å². The molecule has 2 aromatic carbocycles. The van der Waals surface area contributed by atoms with Crippen LogP contribution in [0.3, 0.4) is 0 Å². The van der Waals surface area contributed by atoms with Crippen molar-refractivity contribution in [1.29, 1.82) is 0 Å². The van der Waals surface area contributed by atoms with Crippen LogP contribution in [0.15, 0.2) is 49.1 Å². The minimum Gasteiger partial charge on any atom is -0.302 e. The molecule has 106 valence electrons. The van der Waals surface area contributed by atoms with Crippen molar-refractivity contribution < 1.29 is 0 Å². The molecule has 0 aliphatic heterocycles. The fourth-order valence-electron chi connectivity index (χ4n) is 2.70. The molecule has 2 heteroatoms. The molecule has 2 rings (SSSR count). The molecule has 2 aromatic rings. The van der Waals surface area contributed by atoms with Gasteiger partial charge in [-0.05, 0) is 30.3 Å². The van der Waals surface area contributed by atoms with Crippen LogP contribution in [0.5, 0.6) is 0 Å². The van der Waals surface area contributed by atoms with Gasteiger partial charge in [0.05, 0.1) is 5.02 Å². The second-order valence-electron chi connectivity index (χ2n) is 5.58. The summed E-state index contributed by atoms with van der Waals surface area (Å²) in [5, 5.41) is 3.26. The lowest BCUT2D eigenvalue weighted by Gasteiger charge is -2.20. The smallest absolute Gasteiger partial charge is 0.0516 e. The Morgan fingerprint density at radius 1 is 1.25 bits per heavy atom. The lowest BCUT2D eigenvalue weighted by Crippen LogP contribution is -2.25. The maximum absolute atomic E-state index is 6.55. The Morgan fingerprint density at radius 3 is 2.75 bits per heavy atom. The van der Waals surface area contributed by atoms with Crippen LogP contribution < -0.4 is 0 Å². The fraction of sp³-hybridized carbons (Fsp3) is 0.333. The summed E-state index contributed by atoms with van der Waals surface area (Å²) in [5.41, 5.74) is 1.24. The van der Waals surface area contributed by atoms with Crippen LogP contribution in [0, 0.1) is 5.92 Å². The third kappa shape index (κ3) is 3.62. The Kier molecular flexibility index (Phi) is 5.22. The molecule has 0 saturated heterocycles. The molecule has 1 atom stereocenters. The van der Waals surface area contributed by atoms with E-state index in [9.17, 15) is 0 Å². The van der Waals surface area contributed by atoms with Gasteiger partial charge in [-0.2, -0.15) is 0 Å². The van der Waals surface area contributed by atoms with Gasteiger partial charge in [-0.3, -0.25) is 0 Å². The molecule has 0 aliphatic rings. The summed E-state index contributed by atoms with van der Waals surface area (Å²) in [6.45, 7) is 8.02. The largest absolute Gasteiger partial charge is 0.302 e. The Hall–Kier alpha value is -1.31. The van der Waals surface area contributed by atoms with Crippen LogP contribution in [-0.4, -0.2) is 25.0 Å². The molecule has 0 N–H and O–H groups in total. The minimum absolute atomic E-state index is 0.568. The zero-order valence-corrected chi connectivity index (χ0v) is 13.0. The standard InChI is InChI=1S/C18H22ClN/c1-4-11-20(3)13-14(2)12-16-10-9-15-7-5-6-8-17(15)18(16)19/h4-10,14H,1,11-13H2,2-3H3. The quantitative estimate of drug-likeness (QED) is 0.691. The van der Waals surface area contributed by atoms with Crippen LogP contribution >= 0.6 is 11.6 Å². The van der Waals surface area contributed by atoms with Crippen LogP contribution in [-0.2, 0) is 6.42 Å². The molecule has 20 heavy (non-hydrogen) atoms. The lowest BCUT2D eigenvalue weighted by atomic mass is 9.98. The van der Waals surface area contributed by atoms with E-state index >= 15 is 0 Å². The van der Waals surface area contributed by atoms with Crippen molar-refractivity contribution in [2.45, 2.75) is 13.3 Å². The highest BCUT2D eigenvalue weighted by Crippen LogP contribution is 2.28. The summed E-state index contributed by atoms with van der Waals surface area (Å²) in [5.74, 6) is 0.568. The van der Waals surface area contributed by atoms with Crippen molar-refractivity contribution in [2.75, 3.05) is 20.1 Å². The Balaban J connectivity index is 2.13. The molecular weight excluding hydrogens is 266 g/mol. The van der Waals surface area contributed by atoms with Crippen molar-refractivity contribution >= 4 is 22.4 Å². The Bertz CT molecular complexity index is 591. The van der Waals surface area contributed by atoms with Crippen molar-refractivity contribution in [3.05, 3.63) is 59.6 Å². The van der Waals surface area contributed by atoms with E-state index in [2.05, 4.69) is 49.7 Å². The summed E-state index contributed by atoms with van der Waals surface area (Å²) >= 11 is 6.55. The second kappa shape index (κ2) is 6.92. The zero-order valence-electron chi connectivity index (χ0n) is 12.3. The van der Waals surface area contributed by atoms with Gasteiger partial charge in [-0.15, -0.1) is 6.58 Å². The first-order chi connectivity index (χ1) is 9.61. The van der Waals surface area contributed by atoms with E-state index in [0.29, 0.717) is 5.92 Å². The summed E-state index contributed by atoms with van der Waals surface area (Å²) in [6, 6.07) is 12.6. The number of fused-ring (bicyclic) bond motifs is 1. The molecule has 1 unspecified atom stereocenters. The molecule has 0 fully saturated rings. The normalized spacial score (nSPS) is 12.8. The zero-order chi connectivity index (χ0) is 14.5. The number of hydrogen-bond donors (Lipinski definition) is 0. The number of likely N-dealkylation sites (N-methyl/N-ethyl adjacent to an activating group) is 1. The highest BCUT2D eigenvalue weighted by molar-refractivity contribution is 6.36. The van der Waals surface area contributed by atoms with Gasteiger partial charge in [0.15, 0.2) is 0 Å². The maximum Gasteiger partial charge on any atom is 0.0516 e. The lowest BCUT2D eigenvalue weighted by molar-refractivity contribution is 0.311. The fourth-order valence-corrected chi connectivity index (χ4v) is 3.02. The molecule has 0 heterocycles. The topological polar surface area (TPSA) is 3.24 Å². The molecular formula is C18H22ClN. The van der Waals surface area contributed by atoms with E-state index in [1.165, 1.54) is 10.9 Å². The molecule has 1 nitrogen and oxygen atoms in total. The third-order valence-electron chi connectivity index (χ3n) is 3.58. The molecule has 0 aliphatic carbocycles. The van der Waals surface area contributed by atoms with E-state index < -0.39 is 0 Å². The second-order valence-corrected chi connectivity index (χ2v) is 5.96.